The van der Waals surface area contributed by atoms with Gasteiger partial charge in [0.25, 0.3) is 10.1 Å². The van der Waals surface area contributed by atoms with Crippen LogP contribution in [0.5, 0.6) is 0 Å². The van der Waals surface area contributed by atoms with Crippen molar-refractivity contribution in [3.05, 3.63) is 0 Å². The minimum Gasteiger partial charge on any atom is -0.444 e. The smallest absolute Gasteiger partial charge is 0.410 e. The summed E-state index contributed by atoms with van der Waals surface area (Å²) in [5.74, 6) is 0.413. The first kappa shape index (κ1) is 20.2. The van der Waals surface area contributed by atoms with E-state index in [0.717, 1.165) is 25.5 Å². The summed E-state index contributed by atoms with van der Waals surface area (Å²) in [6.07, 6.45) is 4.28. The fraction of sp³-hybridized carbons (Fsp3) is 0.938. The fourth-order valence-electron chi connectivity index (χ4n) is 2.96. The van der Waals surface area contributed by atoms with Gasteiger partial charge in [0.1, 0.15) is 5.60 Å². The number of carbonyl (C=O) groups excluding carboxylic acids is 1. The van der Waals surface area contributed by atoms with E-state index in [4.69, 9.17) is 8.92 Å². The summed E-state index contributed by atoms with van der Waals surface area (Å²) in [6.45, 7) is 10.6. The zero-order chi connectivity index (χ0) is 17.9. The van der Waals surface area contributed by atoms with Crippen LogP contribution in [0.4, 0.5) is 4.79 Å². The second-order valence-electron chi connectivity index (χ2n) is 8.00. The highest BCUT2D eigenvalue weighted by molar-refractivity contribution is 7.85. The van der Waals surface area contributed by atoms with E-state index in [2.05, 4.69) is 13.8 Å². The van der Waals surface area contributed by atoms with E-state index in [-0.39, 0.29) is 18.2 Å². The molecule has 23 heavy (non-hydrogen) atoms. The number of amides is 1. The van der Waals surface area contributed by atoms with Gasteiger partial charge in [0, 0.05) is 12.1 Å². The Balaban J connectivity index is 2.42. The summed E-state index contributed by atoms with van der Waals surface area (Å²) >= 11 is 0. The molecule has 1 rings (SSSR count). The van der Waals surface area contributed by atoms with E-state index < -0.39 is 15.7 Å². The van der Waals surface area contributed by atoms with Crippen LogP contribution in [-0.2, 0) is 19.0 Å². The van der Waals surface area contributed by atoms with Crippen LogP contribution in [0, 0.1) is 5.92 Å². The molecule has 1 saturated heterocycles. The van der Waals surface area contributed by atoms with Gasteiger partial charge in [0.15, 0.2) is 0 Å². The minimum atomic E-state index is -3.35. The van der Waals surface area contributed by atoms with E-state index >= 15 is 0 Å². The molecule has 1 aliphatic heterocycles. The van der Waals surface area contributed by atoms with Gasteiger partial charge in [-0.05, 0) is 59.8 Å². The van der Waals surface area contributed by atoms with Crippen molar-refractivity contribution in [1.82, 2.24) is 4.90 Å². The van der Waals surface area contributed by atoms with Gasteiger partial charge in [-0.25, -0.2) is 4.79 Å². The maximum Gasteiger partial charge on any atom is 0.410 e. The molecule has 7 heteroatoms. The molecule has 0 aromatic carbocycles. The number of rotatable bonds is 6. The highest BCUT2D eigenvalue weighted by atomic mass is 32.2. The van der Waals surface area contributed by atoms with E-state index in [0.29, 0.717) is 18.9 Å². The molecular formula is C16H31NO5S. The molecule has 0 radical (unpaired) electrons. The van der Waals surface area contributed by atoms with Gasteiger partial charge in [-0.1, -0.05) is 6.42 Å². The molecule has 136 valence electrons. The molecule has 0 aromatic heterocycles. The zero-order valence-electron chi connectivity index (χ0n) is 15.2. The molecule has 0 bridgehead atoms. The molecule has 1 aliphatic rings. The average molecular weight is 349 g/mol. The molecule has 0 aliphatic carbocycles. The van der Waals surface area contributed by atoms with Crippen LogP contribution in [-0.4, -0.2) is 50.0 Å². The SMILES string of the molecule is CC(C)(C)OC(=O)N1CC(CCCCOS(C)(=O)=O)CC1(C)C. The third-order valence-electron chi connectivity index (χ3n) is 3.88. The molecule has 0 saturated carbocycles. The number of nitrogens with zero attached hydrogens (tertiary/aromatic N) is 1. The molecule has 1 unspecified atom stereocenters. The Kier molecular flexibility index (Phi) is 6.49. The Morgan fingerprint density at radius 2 is 1.87 bits per heavy atom. The van der Waals surface area contributed by atoms with E-state index in [1.54, 1.807) is 0 Å². The molecule has 0 N–H and O–H groups in total. The summed E-state index contributed by atoms with van der Waals surface area (Å²) in [5, 5.41) is 0. The minimum absolute atomic E-state index is 0.212. The van der Waals surface area contributed by atoms with Crippen LogP contribution in [0.1, 0.15) is 60.3 Å². The topological polar surface area (TPSA) is 72.9 Å². The second-order valence-corrected chi connectivity index (χ2v) is 9.64. The average Bonchev–Trinajstić information content (AvgIpc) is 2.60. The van der Waals surface area contributed by atoms with Gasteiger partial charge in [-0.15, -0.1) is 0 Å². The number of carbonyl (C=O) groups is 1. The lowest BCUT2D eigenvalue weighted by Crippen LogP contribution is -2.45. The highest BCUT2D eigenvalue weighted by Crippen LogP contribution is 2.36. The lowest BCUT2D eigenvalue weighted by Gasteiger charge is -2.33. The third-order valence-corrected chi connectivity index (χ3v) is 4.47. The first-order chi connectivity index (χ1) is 10.3. The maximum atomic E-state index is 12.3. The first-order valence-corrected chi connectivity index (χ1v) is 9.97. The Bertz CT molecular complexity index is 507. The van der Waals surface area contributed by atoms with Gasteiger partial charge in [0.2, 0.25) is 0 Å². The number of ether oxygens (including phenoxy) is 1. The Morgan fingerprint density at radius 1 is 1.26 bits per heavy atom. The standard InChI is InChI=1S/C16H31NO5S/c1-15(2,3)22-14(18)17-12-13(11-16(17,4)5)9-7-8-10-21-23(6,19)20/h13H,7-12H2,1-6H3. The molecule has 1 amide bonds. The molecule has 1 heterocycles. The van der Waals surface area contributed by atoms with Crippen molar-refractivity contribution < 1.29 is 22.1 Å². The Labute approximate surface area is 140 Å². The lowest BCUT2D eigenvalue weighted by molar-refractivity contribution is 0.0130. The Morgan fingerprint density at radius 3 is 2.39 bits per heavy atom. The summed E-state index contributed by atoms with van der Waals surface area (Å²) < 4.78 is 32.0. The van der Waals surface area contributed by atoms with E-state index in [1.807, 2.05) is 25.7 Å². The van der Waals surface area contributed by atoms with Crippen molar-refractivity contribution in [3.8, 4) is 0 Å². The van der Waals surface area contributed by atoms with Crippen LogP contribution in [0.15, 0.2) is 0 Å². The number of hydrogen-bond acceptors (Lipinski definition) is 5. The monoisotopic (exact) mass is 349 g/mol. The van der Waals surface area contributed by atoms with Crippen LogP contribution in [0.3, 0.4) is 0 Å². The number of hydrogen-bond donors (Lipinski definition) is 0. The molecule has 0 aromatic rings. The van der Waals surface area contributed by atoms with Crippen LogP contribution in [0.25, 0.3) is 0 Å². The second kappa shape index (κ2) is 7.38. The number of unbranched alkanes of at least 4 members (excludes halogenated alkanes) is 1. The summed E-state index contributed by atoms with van der Waals surface area (Å²) in [7, 11) is -3.35. The normalized spacial score (nSPS) is 21.5. The molecular weight excluding hydrogens is 318 g/mol. The van der Waals surface area contributed by atoms with Crippen molar-refractivity contribution in [2.75, 3.05) is 19.4 Å². The van der Waals surface area contributed by atoms with Gasteiger partial charge >= 0.3 is 6.09 Å². The van der Waals surface area contributed by atoms with Crippen molar-refractivity contribution in [3.63, 3.8) is 0 Å². The molecule has 1 fully saturated rings. The van der Waals surface area contributed by atoms with Crippen molar-refractivity contribution in [2.45, 2.75) is 71.4 Å². The number of likely N-dealkylation sites (tertiary alicyclic amines) is 1. The van der Waals surface area contributed by atoms with Crippen molar-refractivity contribution >= 4 is 16.2 Å². The lowest BCUT2D eigenvalue weighted by atomic mass is 9.93. The largest absolute Gasteiger partial charge is 0.444 e. The third kappa shape index (κ3) is 7.52. The van der Waals surface area contributed by atoms with Gasteiger partial charge in [-0.2, -0.15) is 8.42 Å². The van der Waals surface area contributed by atoms with Crippen LogP contribution >= 0.6 is 0 Å². The van der Waals surface area contributed by atoms with Crippen LogP contribution < -0.4 is 0 Å². The molecule has 1 atom stereocenters. The van der Waals surface area contributed by atoms with Gasteiger partial charge < -0.3 is 9.64 Å². The molecule has 6 nitrogen and oxygen atoms in total. The fourth-order valence-corrected chi connectivity index (χ4v) is 3.38. The van der Waals surface area contributed by atoms with Crippen LogP contribution in [0.2, 0.25) is 0 Å². The van der Waals surface area contributed by atoms with E-state index in [1.165, 1.54) is 0 Å². The van der Waals surface area contributed by atoms with E-state index in [9.17, 15) is 13.2 Å². The van der Waals surface area contributed by atoms with Crippen molar-refractivity contribution in [1.29, 1.82) is 0 Å². The van der Waals surface area contributed by atoms with Gasteiger partial charge in [-0.3, -0.25) is 4.18 Å². The summed E-state index contributed by atoms with van der Waals surface area (Å²) in [4.78, 5) is 14.1. The first-order valence-electron chi connectivity index (χ1n) is 8.15. The highest BCUT2D eigenvalue weighted by Gasteiger charge is 2.42. The zero-order valence-corrected chi connectivity index (χ0v) is 16.0. The summed E-state index contributed by atoms with van der Waals surface area (Å²) in [6, 6.07) is 0. The molecule has 0 spiro atoms. The van der Waals surface area contributed by atoms with Gasteiger partial charge in [0.05, 0.1) is 12.9 Å². The maximum absolute atomic E-state index is 12.3. The van der Waals surface area contributed by atoms with Crippen molar-refractivity contribution in [2.24, 2.45) is 5.92 Å². The Hall–Kier alpha value is -0.820. The predicted octanol–water partition coefficient (Wildman–Crippen LogP) is 3.17. The summed E-state index contributed by atoms with van der Waals surface area (Å²) in [5.41, 5.74) is -0.704. The predicted molar refractivity (Wildman–Crippen MR) is 89.8 cm³/mol. The quantitative estimate of drug-likeness (QED) is 0.544.